The van der Waals surface area contributed by atoms with E-state index in [-0.39, 0.29) is 0 Å². The highest BCUT2D eigenvalue weighted by Gasteiger charge is 2.17. The van der Waals surface area contributed by atoms with Crippen molar-refractivity contribution in [3.05, 3.63) is 11.1 Å². The number of piperidine rings is 1. The van der Waals surface area contributed by atoms with Crippen molar-refractivity contribution >= 4 is 15.9 Å². The Bertz CT molecular complexity index is 224. The van der Waals surface area contributed by atoms with Crippen LogP contribution in [0.15, 0.2) is 11.1 Å². The summed E-state index contributed by atoms with van der Waals surface area (Å²) in [5.74, 6) is 2.69. The Balaban J connectivity index is 2.16. The van der Waals surface area contributed by atoms with Crippen molar-refractivity contribution < 1.29 is 0 Å². The lowest BCUT2D eigenvalue weighted by molar-refractivity contribution is 0.220. The van der Waals surface area contributed by atoms with Crippen molar-refractivity contribution in [2.45, 2.75) is 18.9 Å². The van der Waals surface area contributed by atoms with Gasteiger partial charge in [0, 0.05) is 30.2 Å². The van der Waals surface area contributed by atoms with Crippen molar-refractivity contribution in [3.8, 4) is 12.3 Å². The van der Waals surface area contributed by atoms with Gasteiger partial charge in [-0.15, -0.1) is 6.42 Å². The van der Waals surface area contributed by atoms with E-state index < -0.39 is 0 Å². The van der Waals surface area contributed by atoms with Crippen LogP contribution < -0.4 is 5.32 Å². The average molecular weight is 257 g/mol. The predicted molar refractivity (Wildman–Crippen MR) is 64.4 cm³/mol. The van der Waals surface area contributed by atoms with Gasteiger partial charge in [0.1, 0.15) is 0 Å². The van der Waals surface area contributed by atoms with Crippen LogP contribution in [0.4, 0.5) is 0 Å². The number of halogens is 1. The summed E-state index contributed by atoms with van der Waals surface area (Å²) in [6.45, 7) is 7.67. The van der Waals surface area contributed by atoms with E-state index in [0.717, 1.165) is 30.7 Å². The molecule has 0 spiro atoms. The van der Waals surface area contributed by atoms with Crippen molar-refractivity contribution in [2.24, 2.45) is 0 Å². The topological polar surface area (TPSA) is 15.3 Å². The van der Waals surface area contributed by atoms with Crippen LogP contribution in [-0.2, 0) is 0 Å². The maximum atomic E-state index is 5.27. The third-order valence-electron chi connectivity index (χ3n) is 2.49. The number of hydrogen-bond acceptors (Lipinski definition) is 2. The zero-order valence-electron chi connectivity index (χ0n) is 8.43. The predicted octanol–water partition coefficient (Wildman–Crippen LogP) is 1.58. The minimum Gasteiger partial charge on any atom is -0.309 e. The molecule has 1 rings (SSSR count). The lowest BCUT2D eigenvalue weighted by Crippen LogP contribution is -2.42. The molecule has 0 aliphatic carbocycles. The Labute approximate surface area is 94.9 Å². The molecule has 14 heavy (non-hydrogen) atoms. The molecule has 0 saturated carbocycles. The average Bonchev–Trinajstić information content (AvgIpc) is 2.17. The fourth-order valence-corrected chi connectivity index (χ4v) is 1.84. The summed E-state index contributed by atoms with van der Waals surface area (Å²) in [5, 5.41) is 3.46. The maximum Gasteiger partial charge on any atom is 0.0598 e. The first kappa shape index (κ1) is 11.8. The van der Waals surface area contributed by atoms with E-state index in [9.17, 15) is 0 Å². The highest BCUT2D eigenvalue weighted by atomic mass is 79.9. The van der Waals surface area contributed by atoms with Gasteiger partial charge in [-0.2, -0.15) is 0 Å². The van der Waals surface area contributed by atoms with Crippen LogP contribution in [0.2, 0.25) is 0 Å². The molecule has 1 fully saturated rings. The first-order valence-electron chi connectivity index (χ1n) is 4.95. The van der Waals surface area contributed by atoms with Gasteiger partial charge < -0.3 is 5.32 Å². The molecular weight excluding hydrogens is 240 g/mol. The Morgan fingerprint density at radius 2 is 2.21 bits per heavy atom. The molecule has 78 valence electrons. The van der Waals surface area contributed by atoms with Gasteiger partial charge >= 0.3 is 0 Å². The molecule has 0 aromatic carbocycles. The largest absolute Gasteiger partial charge is 0.309 e. The summed E-state index contributed by atoms with van der Waals surface area (Å²) in [5.41, 5.74) is 0. The van der Waals surface area contributed by atoms with E-state index >= 15 is 0 Å². The second-order valence-electron chi connectivity index (χ2n) is 3.65. The Hall–Kier alpha value is -0.300. The minimum atomic E-state index is 0.623. The maximum absolute atomic E-state index is 5.27. The normalized spacial score (nSPS) is 19.1. The molecule has 0 aromatic heterocycles. The van der Waals surface area contributed by atoms with Crippen LogP contribution >= 0.6 is 15.9 Å². The molecule has 2 nitrogen and oxygen atoms in total. The van der Waals surface area contributed by atoms with Crippen LogP contribution in [0.5, 0.6) is 0 Å². The van der Waals surface area contributed by atoms with Crippen LogP contribution in [0.1, 0.15) is 12.8 Å². The highest BCUT2D eigenvalue weighted by molar-refractivity contribution is 9.11. The summed E-state index contributed by atoms with van der Waals surface area (Å²) in [4.78, 5) is 2.32. The van der Waals surface area contributed by atoms with Gasteiger partial charge in [0.15, 0.2) is 0 Å². The first-order valence-corrected chi connectivity index (χ1v) is 5.74. The van der Waals surface area contributed by atoms with E-state index in [0.29, 0.717) is 6.04 Å². The lowest BCUT2D eigenvalue weighted by atomic mass is 10.1. The van der Waals surface area contributed by atoms with E-state index in [1.807, 2.05) is 0 Å². The fourth-order valence-electron chi connectivity index (χ4n) is 1.68. The second-order valence-corrected chi connectivity index (χ2v) is 4.77. The highest BCUT2D eigenvalue weighted by Crippen LogP contribution is 2.10. The Kier molecular flexibility index (Phi) is 5.24. The van der Waals surface area contributed by atoms with Crippen LogP contribution in [-0.4, -0.2) is 37.1 Å². The molecule has 0 atom stereocenters. The number of terminal acetylenes is 1. The smallest absolute Gasteiger partial charge is 0.0598 e. The number of hydrogen-bond donors (Lipinski definition) is 1. The molecule has 1 heterocycles. The van der Waals surface area contributed by atoms with Crippen LogP contribution in [0.3, 0.4) is 0 Å². The van der Waals surface area contributed by atoms with Crippen molar-refractivity contribution in [3.63, 3.8) is 0 Å². The monoisotopic (exact) mass is 256 g/mol. The van der Waals surface area contributed by atoms with Gasteiger partial charge in [-0.05, 0) is 12.8 Å². The van der Waals surface area contributed by atoms with E-state index in [1.54, 1.807) is 0 Å². The minimum absolute atomic E-state index is 0.623. The van der Waals surface area contributed by atoms with Gasteiger partial charge in [-0.3, -0.25) is 4.90 Å². The number of likely N-dealkylation sites (tertiary alicyclic amines) is 1. The fraction of sp³-hybridized carbons (Fsp3) is 0.636. The first-order chi connectivity index (χ1) is 6.72. The number of rotatable bonds is 4. The molecule has 1 saturated heterocycles. The third kappa shape index (κ3) is 4.28. The van der Waals surface area contributed by atoms with E-state index in [2.05, 4.69) is 38.6 Å². The molecule has 0 amide bonds. The molecule has 0 radical (unpaired) electrons. The van der Waals surface area contributed by atoms with Crippen molar-refractivity contribution in [1.82, 2.24) is 10.2 Å². The van der Waals surface area contributed by atoms with Gasteiger partial charge in [0.2, 0.25) is 0 Å². The van der Waals surface area contributed by atoms with Gasteiger partial charge in [0.25, 0.3) is 0 Å². The SMILES string of the molecule is C#CCN1CCC(NCC(=C)Br)CC1. The van der Waals surface area contributed by atoms with E-state index in [1.165, 1.54) is 12.8 Å². The second kappa shape index (κ2) is 6.23. The Morgan fingerprint density at radius 3 is 2.71 bits per heavy atom. The zero-order valence-corrected chi connectivity index (χ0v) is 10.0. The summed E-state index contributed by atoms with van der Waals surface area (Å²) in [7, 11) is 0. The molecule has 0 aromatic rings. The molecule has 0 unspecified atom stereocenters. The summed E-state index contributed by atoms with van der Waals surface area (Å²) < 4.78 is 1.02. The van der Waals surface area contributed by atoms with Crippen molar-refractivity contribution in [1.29, 1.82) is 0 Å². The summed E-state index contributed by atoms with van der Waals surface area (Å²) >= 11 is 3.34. The van der Waals surface area contributed by atoms with Gasteiger partial charge in [0.05, 0.1) is 6.54 Å². The standard InChI is InChI=1S/C11H17BrN2/c1-3-6-14-7-4-11(5-8-14)13-9-10(2)12/h1,11,13H,2,4-9H2. The number of nitrogens with one attached hydrogen (secondary N) is 1. The quantitative estimate of drug-likeness (QED) is 0.769. The molecular formula is C11H17BrN2. The molecule has 0 bridgehead atoms. The zero-order chi connectivity index (χ0) is 10.4. The molecule has 1 N–H and O–H groups in total. The summed E-state index contributed by atoms with van der Waals surface area (Å²) in [6, 6.07) is 0.623. The Morgan fingerprint density at radius 1 is 1.57 bits per heavy atom. The van der Waals surface area contributed by atoms with Gasteiger partial charge in [-0.25, -0.2) is 0 Å². The van der Waals surface area contributed by atoms with E-state index in [4.69, 9.17) is 6.42 Å². The van der Waals surface area contributed by atoms with Gasteiger partial charge in [-0.1, -0.05) is 28.4 Å². The van der Waals surface area contributed by atoms with Crippen LogP contribution in [0, 0.1) is 12.3 Å². The van der Waals surface area contributed by atoms with Crippen molar-refractivity contribution in [2.75, 3.05) is 26.2 Å². The molecule has 3 heteroatoms. The number of nitrogens with zero attached hydrogens (tertiary/aromatic N) is 1. The van der Waals surface area contributed by atoms with Crippen LogP contribution in [0.25, 0.3) is 0 Å². The summed E-state index contributed by atoms with van der Waals surface area (Å²) in [6.07, 6.45) is 7.63. The third-order valence-corrected chi connectivity index (χ3v) is 2.77. The lowest BCUT2D eigenvalue weighted by Gasteiger charge is -2.31. The molecule has 1 aliphatic rings. The molecule has 1 aliphatic heterocycles.